The van der Waals surface area contributed by atoms with Crippen LogP contribution in [0.2, 0.25) is 0 Å². The van der Waals surface area contributed by atoms with Crippen LogP contribution in [0.1, 0.15) is 40.3 Å². The maximum Gasteiger partial charge on any atom is 0.159 e. The molecule has 0 aliphatic carbocycles. The molecule has 12 rings (SSSR count). The fourth-order valence-electron chi connectivity index (χ4n) is 10.3. The maximum absolute atomic E-state index is 7.57. The molecule has 0 saturated carbocycles. The van der Waals surface area contributed by atoms with Gasteiger partial charge in [-0.05, 0) is 155 Å². The lowest BCUT2D eigenvalue weighted by atomic mass is 9.92. The number of furan rings is 1. The molecule has 75 heavy (non-hydrogen) atoms. The number of aliphatic hydroxyl groups excluding tert-OH is 1. The number of rotatable bonds is 10. The Balaban J connectivity index is 0.000000245. The highest BCUT2D eigenvalue weighted by Crippen LogP contribution is 2.49. The molecule has 1 aromatic heterocycles. The summed E-state index contributed by atoms with van der Waals surface area (Å²) in [7, 11) is 0. The smallest absolute Gasteiger partial charge is 0.159 e. The molecule has 4 heteroatoms. The van der Waals surface area contributed by atoms with Crippen molar-refractivity contribution in [2.45, 2.75) is 41.5 Å². The van der Waals surface area contributed by atoms with Gasteiger partial charge in [0.2, 0.25) is 0 Å². The zero-order valence-electron chi connectivity index (χ0n) is 43.7. The number of fused-ring (bicyclic) bond motifs is 3. The second kappa shape index (κ2) is 21.6. The Labute approximate surface area is 441 Å². The van der Waals surface area contributed by atoms with E-state index in [2.05, 4.69) is 258 Å². The molecule has 0 aliphatic rings. The Morgan fingerprint density at radius 1 is 0.507 bits per heavy atom. The zero-order chi connectivity index (χ0) is 52.2. The highest BCUT2D eigenvalue weighted by atomic mass is 16.3. The topological polar surface area (TPSA) is 48.6 Å². The first-order valence-corrected chi connectivity index (χ1v) is 25.7. The van der Waals surface area contributed by atoms with Crippen molar-refractivity contribution >= 4 is 88.3 Å². The average Bonchev–Trinajstić information content (AvgIpc) is 3.83. The second-order valence-electron chi connectivity index (χ2n) is 19.3. The Morgan fingerprint density at radius 3 is 1.88 bits per heavy atom. The molecular formula is C71H62N2O2. The van der Waals surface area contributed by atoms with Crippen LogP contribution in [0.4, 0.5) is 28.4 Å². The molecule has 2 N–H and O–H groups in total. The summed E-state index contributed by atoms with van der Waals surface area (Å²) in [5, 5.41) is 21.0. The third-order valence-corrected chi connectivity index (χ3v) is 14.1. The predicted octanol–water partition coefficient (Wildman–Crippen LogP) is 20.0. The van der Waals surface area contributed by atoms with Crippen molar-refractivity contribution in [1.29, 1.82) is 0 Å². The van der Waals surface area contributed by atoms with Crippen LogP contribution in [0, 0.1) is 34.6 Å². The van der Waals surface area contributed by atoms with Crippen molar-refractivity contribution in [2.24, 2.45) is 0 Å². The summed E-state index contributed by atoms with van der Waals surface area (Å²) in [5.74, 6) is 0. The van der Waals surface area contributed by atoms with Gasteiger partial charge in [0.15, 0.2) is 5.58 Å². The summed E-state index contributed by atoms with van der Waals surface area (Å²) < 4.78 is 7.03. The van der Waals surface area contributed by atoms with Crippen molar-refractivity contribution < 1.29 is 9.52 Å². The number of hydrogen-bond acceptors (Lipinski definition) is 4. The number of anilines is 5. The minimum atomic E-state index is 0.250. The van der Waals surface area contributed by atoms with Crippen LogP contribution in [0.3, 0.4) is 0 Å². The molecular weight excluding hydrogens is 913 g/mol. The van der Waals surface area contributed by atoms with Crippen LogP contribution >= 0.6 is 0 Å². The minimum absolute atomic E-state index is 0.250. The normalized spacial score (nSPS) is 11.2. The number of para-hydroxylation sites is 2. The summed E-state index contributed by atoms with van der Waals surface area (Å²) in [5.41, 5.74) is 20.3. The third kappa shape index (κ3) is 9.84. The van der Waals surface area contributed by atoms with Crippen molar-refractivity contribution in [1.82, 2.24) is 0 Å². The predicted molar refractivity (Wildman–Crippen MR) is 324 cm³/mol. The largest absolute Gasteiger partial charge is 0.453 e. The molecule has 368 valence electrons. The van der Waals surface area contributed by atoms with Gasteiger partial charge in [-0.2, -0.15) is 0 Å². The standard InChI is InChI=1S/C50H38N2O.C19H18.C2H6O/c1-30-16-18-32(3)43(28-30)51-42-26-22-35-21-25-41-44(27-23-36-20-24-40(42)47(35)48(36)41)52(46-29-31(2)17-19-33(46)4)45-15-9-14-39-38-13-8-12-37(49(38)53-50(39)45)34-10-6-5-7-11-34;1-4-5-9-15(2)17-11-8-12-18(14-17)19-13-7-6-10-16(19)3;1-2-3/h5-29,51H,1-4H3;4-14H,1-2H2,3H3;3H,2H2,1H3/b;9-5-;. The first kappa shape index (κ1) is 49.6. The number of aliphatic hydroxyl groups is 1. The first-order chi connectivity index (χ1) is 36.6. The number of benzene rings is 11. The summed E-state index contributed by atoms with van der Waals surface area (Å²) >= 11 is 0. The molecule has 0 fully saturated rings. The minimum Gasteiger partial charge on any atom is -0.453 e. The number of nitrogens with zero attached hydrogens (tertiary/aromatic N) is 1. The molecule has 0 spiro atoms. The van der Waals surface area contributed by atoms with E-state index in [0.29, 0.717) is 0 Å². The molecule has 0 amide bonds. The molecule has 12 aromatic rings. The molecule has 0 saturated heterocycles. The zero-order valence-corrected chi connectivity index (χ0v) is 43.7. The van der Waals surface area contributed by atoms with E-state index < -0.39 is 0 Å². The van der Waals surface area contributed by atoms with Crippen molar-refractivity contribution in [3.05, 3.63) is 265 Å². The lowest BCUT2D eigenvalue weighted by Crippen LogP contribution is -2.12. The molecule has 4 nitrogen and oxygen atoms in total. The van der Waals surface area contributed by atoms with Gasteiger partial charge in [0.05, 0.1) is 11.4 Å². The SMILES string of the molecule is C=C/C=C\C(=C)c1cccc(-c2ccccc2C)c1.CCO.Cc1ccc(C)c(Nc2ccc3ccc4c(N(c5cc(C)ccc5C)c5cccc6c5oc5c(-c7ccccc7)cccc56)ccc5ccc2c3c54)c1. The summed E-state index contributed by atoms with van der Waals surface area (Å²) in [4.78, 5) is 2.43. The van der Waals surface area contributed by atoms with Gasteiger partial charge in [0, 0.05) is 50.8 Å². The molecule has 0 atom stereocenters. The lowest BCUT2D eigenvalue weighted by molar-refractivity contribution is 0.318. The van der Waals surface area contributed by atoms with Crippen LogP contribution in [0.5, 0.6) is 0 Å². The highest BCUT2D eigenvalue weighted by Gasteiger charge is 2.25. The van der Waals surface area contributed by atoms with E-state index >= 15 is 0 Å². The Bertz CT molecular complexity index is 4080. The van der Waals surface area contributed by atoms with E-state index in [9.17, 15) is 0 Å². The van der Waals surface area contributed by atoms with Crippen LogP contribution in [-0.2, 0) is 0 Å². The van der Waals surface area contributed by atoms with E-state index in [0.717, 1.165) is 72.6 Å². The van der Waals surface area contributed by atoms with Gasteiger partial charge in [-0.3, -0.25) is 0 Å². The van der Waals surface area contributed by atoms with Crippen molar-refractivity contribution in [3.63, 3.8) is 0 Å². The van der Waals surface area contributed by atoms with Crippen LogP contribution in [0.25, 0.3) is 82.1 Å². The molecule has 0 unspecified atom stereocenters. The first-order valence-electron chi connectivity index (χ1n) is 25.7. The van der Waals surface area contributed by atoms with E-state index in [1.54, 1.807) is 13.0 Å². The highest BCUT2D eigenvalue weighted by molar-refractivity contribution is 6.28. The fourth-order valence-corrected chi connectivity index (χ4v) is 10.3. The second-order valence-corrected chi connectivity index (χ2v) is 19.3. The van der Waals surface area contributed by atoms with Gasteiger partial charge in [-0.25, -0.2) is 0 Å². The quantitative estimate of drug-likeness (QED) is 0.106. The van der Waals surface area contributed by atoms with Gasteiger partial charge >= 0.3 is 0 Å². The maximum atomic E-state index is 7.57. The van der Waals surface area contributed by atoms with Crippen molar-refractivity contribution in [2.75, 3.05) is 16.8 Å². The van der Waals surface area contributed by atoms with E-state index in [4.69, 9.17) is 9.52 Å². The van der Waals surface area contributed by atoms with Crippen LogP contribution < -0.4 is 10.2 Å². The van der Waals surface area contributed by atoms with Gasteiger partial charge in [-0.15, -0.1) is 0 Å². The monoisotopic (exact) mass is 974 g/mol. The molecule has 0 bridgehead atoms. The summed E-state index contributed by atoms with van der Waals surface area (Å²) in [6.45, 7) is 20.5. The number of hydrogen-bond donors (Lipinski definition) is 2. The van der Waals surface area contributed by atoms with Gasteiger partial charge in [-0.1, -0.05) is 195 Å². The number of aryl methyl sites for hydroxylation is 5. The summed E-state index contributed by atoms with van der Waals surface area (Å²) in [6.07, 6.45) is 5.64. The molecule has 0 radical (unpaired) electrons. The third-order valence-electron chi connectivity index (χ3n) is 14.1. The van der Waals surface area contributed by atoms with Crippen molar-refractivity contribution in [3.8, 4) is 22.3 Å². The average molecular weight is 975 g/mol. The fraction of sp³-hybridized carbons (Fsp3) is 0.0986. The van der Waals surface area contributed by atoms with Crippen LogP contribution in [0.15, 0.2) is 236 Å². The molecule has 1 heterocycles. The van der Waals surface area contributed by atoms with E-state index in [1.165, 1.54) is 71.3 Å². The van der Waals surface area contributed by atoms with Gasteiger partial charge < -0.3 is 19.7 Å². The van der Waals surface area contributed by atoms with Gasteiger partial charge in [0.25, 0.3) is 0 Å². The Kier molecular flexibility index (Phi) is 14.3. The molecule has 11 aromatic carbocycles. The number of allylic oxidation sites excluding steroid dienone is 4. The Morgan fingerprint density at radius 2 is 1.12 bits per heavy atom. The summed E-state index contributed by atoms with van der Waals surface area (Å²) in [6, 6.07) is 72.0. The van der Waals surface area contributed by atoms with E-state index in [1.807, 2.05) is 12.2 Å². The lowest BCUT2D eigenvalue weighted by Gasteiger charge is -2.29. The van der Waals surface area contributed by atoms with Gasteiger partial charge in [0.1, 0.15) is 5.58 Å². The van der Waals surface area contributed by atoms with E-state index in [-0.39, 0.29) is 6.61 Å². The Hall–Kier alpha value is -8.96. The number of nitrogens with one attached hydrogen (secondary N) is 1. The molecule has 0 aliphatic heterocycles. The van der Waals surface area contributed by atoms with Crippen LogP contribution in [-0.4, -0.2) is 11.7 Å².